The van der Waals surface area contributed by atoms with Crippen molar-refractivity contribution in [1.82, 2.24) is 4.72 Å². The zero-order valence-electron chi connectivity index (χ0n) is 8.83. The van der Waals surface area contributed by atoms with Crippen LogP contribution in [0.1, 0.15) is 19.3 Å². The first kappa shape index (κ1) is 11.6. The highest BCUT2D eigenvalue weighted by molar-refractivity contribution is 7.89. The predicted octanol–water partition coefficient (Wildman–Crippen LogP) is 0.878. The van der Waals surface area contributed by atoms with Crippen LogP contribution in [0.2, 0.25) is 0 Å². The lowest BCUT2D eigenvalue weighted by Crippen LogP contribution is -2.39. The van der Waals surface area contributed by atoms with Gasteiger partial charge in [-0.2, -0.15) is 0 Å². The van der Waals surface area contributed by atoms with Crippen LogP contribution in [0.5, 0.6) is 0 Å². The first-order valence-corrected chi connectivity index (χ1v) is 6.83. The van der Waals surface area contributed by atoms with Gasteiger partial charge in [0.1, 0.15) is 0 Å². The van der Waals surface area contributed by atoms with Crippen molar-refractivity contribution >= 4 is 10.0 Å². The molecule has 1 aliphatic rings. The summed E-state index contributed by atoms with van der Waals surface area (Å²) >= 11 is 0. The Bertz CT molecular complexity index is 444. The summed E-state index contributed by atoms with van der Waals surface area (Å²) in [5, 5.41) is 9.57. The maximum absolute atomic E-state index is 11.9. The molecule has 0 amide bonds. The van der Waals surface area contributed by atoms with Crippen LogP contribution in [0, 0.1) is 0 Å². The third kappa shape index (κ3) is 2.42. The minimum atomic E-state index is -3.49. The second-order valence-electron chi connectivity index (χ2n) is 4.04. The van der Waals surface area contributed by atoms with Crippen LogP contribution >= 0.6 is 0 Å². The Morgan fingerprint density at radius 1 is 1.19 bits per heavy atom. The molecule has 0 heterocycles. The van der Waals surface area contributed by atoms with E-state index in [0.29, 0.717) is 12.8 Å². The average molecular weight is 241 g/mol. The maximum atomic E-state index is 11.9. The van der Waals surface area contributed by atoms with Gasteiger partial charge in [-0.3, -0.25) is 0 Å². The summed E-state index contributed by atoms with van der Waals surface area (Å²) in [5.74, 6) is 0. The van der Waals surface area contributed by atoms with Crippen LogP contribution < -0.4 is 4.72 Å². The van der Waals surface area contributed by atoms with Gasteiger partial charge >= 0.3 is 0 Å². The highest BCUT2D eigenvalue weighted by Crippen LogP contribution is 2.21. The van der Waals surface area contributed by atoms with E-state index in [2.05, 4.69) is 4.72 Å². The fraction of sp³-hybridized carbons (Fsp3) is 0.455. The lowest BCUT2D eigenvalue weighted by Gasteiger charge is -2.16. The van der Waals surface area contributed by atoms with Gasteiger partial charge in [0.25, 0.3) is 0 Å². The van der Waals surface area contributed by atoms with Gasteiger partial charge in [-0.15, -0.1) is 0 Å². The zero-order valence-corrected chi connectivity index (χ0v) is 9.65. The number of aliphatic hydroxyl groups excluding tert-OH is 1. The molecule has 88 valence electrons. The molecule has 0 aliphatic heterocycles. The molecule has 16 heavy (non-hydrogen) atoms. The fourth-order valence-corrected chi connectivity index (χ4v) is 3.27. The van der Waals surface area contributed by atoms with Crippen LogP contribution in [-0.4, -0.2) is 25.7 Å². The molecule has 1 aliphatic carbocycles. The molecule has 5 heteroatoms. The minimum Gasteiger partial charge on any atom is -0.391 e. The summed E-state index contributed by atoms with van der Waals surface area (Å²) in [4.78, 5) is 0.245. The van der Waals surface area contributed by atoms with Crippen LogP contribution in [-0.2, 0) is 10.0 Å². The standard InChI is InChI=1S/C11H15NO3S/c13-11-8-4-7-10(11)12-16(14,15)9-5-2-1-3-6-9/h1-3,5-6,10-13H,4,7-8H2/t10-,11+/m1/s1. The quantitative estimate of drug-likeness (QED) is 0.825. The second kappa shape index (κ2) is 4.53. The molecular weight excluding hydrogens is 226 g/mol. The highest BCUT2D eigenvalue weighted by Gasteiger charge is 2.29. The Morgan fingerprint density at radius 3 is 2.44 bits per heavy atom. The van der Waals surface area contributed by atoms with Crippen LogP contribution in [0.4, 0.5) is 0 Å². The van der Waals surface area contributed by atoms with E-state index >= 15 is 0 Å². The number of nitrogens with one attached hydrogen (secondary N) is 1. The van der Waals surface area contributed by atoms with E-state index in [0.717, 1.165) is 6.42 Å². The molecule has 0 unspecified atom stereocenters. The van der Waals surface area contributed by atoms with Crippen molar-refractivity contribution in [1.29, 1.82) is 0 Å². The Hall–Kier alpha value is -0.910. The normalized spacial score (nSPS) is 25.8. The van der Waals surface area contributed by atoms with Crippen LogP contribution in [0.25, 0.3) is 0 Å². The third-order valence-corrected chi connectivity index (χ3v) is 4.35. The van der Waals surface area contributed by atoms with Crippen molar-refractivity contribution in [2.45, 2.75) is 36.3 Å². The molecule has 0 aromatic heterocycles. The van der Waals surface area contributed by atoms with Gasteiger partial charge in [-0.05, 0) is 31.4 Å². The van der Waals surface area contributed by atoms with E-state index < -0.39 is 16.1 Å². The summed E-state index contributed by atoms with van der Waals surface area (Å²) in [7, 11) is -3.49. The smallest absolute Gasteiger partial charge is 0.240 e. The van der Waals surface area contributed by atoms with Gasteiger partial charge in [0.2, 0.25) is 10.0 Å². The van der Waals surface area contributed by atoms with Crippen molar-refractivity contribution < 1.29 is 13.5 Å². The maximum Gasteiger partial charge on any atom is 0.240 e. The van der Waals surface area contributed by atoms with Crippen molar-refractivity contribution in [3.63, 3.8) is 0 Å². The lowest BCUT2D eigenvalue weighted by molar-refractivity contribution is 0.159. The molecular formula is C11H15NO3S. The van der Waals surface area contributed by atoms with Gasteiger partial charge in [-0.1, -0.05) is 18.2 Å². The SMILES string of the molecule is O=S(=O)(N[C@@H]1CCC[C@@H]1O)c1ccccc1. The average Bonchev–Trinajstić information content (AvgIpc) is 2.65. The molecule has 1 fully saturated rings. The lowest BCUT2D eigenvalue weighted by atomic mass is 10.2. The first-order chi connectivity index (χ1) is 7.59. The second-order valence-corrected chi connectivity index (χ2v) is 5.75. The van der Waals surface area contributed by atoms with Crippen molar-refractivity contribution in [2.24, 2.45) is 0 Å². The third-order valence-electron chi connectivity index (χ3n) is 2.84. The monoisotopic (exact) mass is 241 g/mol. The van der Waals surface area contributed by atoms with Crippen LogP contribution in [0.15, 0.2) is 35.2 Å². The molecule has 2 atom stereocenters. The van der Waals surface area contributed by atoms with E-state index in [1.165, 1.54) is 0 Å². The number of aliphatic hydroxyl groups is 1. The Labute approximate surface area is 95.4 Å². The highest BCUT2D eigenvalue weighted by atomic mass is 32.2. The molecule has 0 bridgehead atoms. The molecule has 1 saturated carbocycles. The minimum absolute atomic E-state index is 0.245. The number of hydrogen-bond acceptors (Lipinski definition) is 3. The summed E-state index contributed by atoms with van der Waals surface area (Å²) in [6.07, 6.45) is 1.68. The summed E-state index contributed by atoms with van der Waals surface area (Å²) in [6, 6.07) is 7.88. The Kier molecular flexibility index (Phi) is 3.28. The first-order valence-electron chi connectivity index (χ1n) is 5.35. The molecule has 1 aromatic rings. The van der Waals surface area contributed by atoms with E-state index in [9.17, 15) is 13.5 Å². The topological polar surface area (TPSA) is 66.4 Å². The van der Waals surface area contributed by atoms with Gasteiger partial charge in [0, 0.05) is 6.04 Å². The number of rotatable bonds is 3. The number of hydrogen-bond donors (Lipinski definition) is 2. The molecule has 2 N–H and O–H groups in total. The predicted molar refractivity (Wildman–Crippen MR) is 60.4 cm³/mol. The fourth-order valence-electron chi connectivity index (χ4n) is 1.94. The molecule has 0 radical (unpaired) electrons. The zero-order chi connectivity index (χ0) is 11.6. The van der Waals surface area contributed by atoms with Gasteiger partial charge in [0.15, 0.2) is 0 Å². The molecule has 4 nitrogen and oxygen atoms in total. The van der Waals surface area contributed by atoms with E-state index in [-0.39, 0.29) is 10.9 Å². The molecule has 0 spiro atoms. The summed E-state index contributed by atoms with van der Waals surface area (Å²) < 4.78 is 26.4. The van der Waals surface area contributed by atoms with Gasteiger partial charge in [-0.25, -0.2) is 13.1 Å². The molecule has 2 rings (SSSR count). The Morgan fingerprint density at radius 2 is 1.88 bits per heavy atom. The number of benzene rings is 1. The summed E-state index contributed by atoms with van der Waals surface area (Å²) in [6.45, 7) is 0. The Balaban J connectivity index is 2.15. The van der Waals surface area contributed by atoms with Crippen molar-refractivity contribution in [3.05, 3.63) is 30.3 Å². The van der Waals surface area contributed by atoms with Gasteiger partial charge < -0.3 is 5.11 Å². The largest absolute Gasteiger partial charge is 0.391 e. The van der Waals surface area contributed by atoms with Crippen molar-refractivity contribution in [2.75, 3.05) is 0 Å². The molecule has 0 saturated heterocycles. The molecule has 1 aromatic carbocycles. The number of sulfonamides is 1. The summed E-state index contributed by atoms with van der Waals surface area (Å²) in [5.41, 5.74) is 0. The van der Waals surface area contributed by atoms with Gasteiger partial charge in [0.05, 0.1) is 11.0 Å². The van der Waals surface area contributed by atoms with E-state index in [1.54, 1.807) is 30.3 Å². The van der Waals surface area contributed by atoms with E-state index in [1.807, 2.05) is 0 Å². The van der Waals surface area contributed by atoms with E-state index in [4.69, 9.17) is 0 Å². The van der Waals surface area contributed by atoms with Crippen LogP contribution in [0.3, 0.4) is 0 Å². The van der Waals surface area contributed by atoms with Crippen molar-refractivity contribution in [3.8, 4) is 0 Å².